The minimum atomic E-state index is -0.204. The maximum absolute atomic E-state index is 11.8. The van der Waals surface area contributed by atoms with E-state index in [9.17, 15) is 4.79 Å². The fraction of sp³-hybridized carbons (Fsp3) is 0.545. The summed E-state index contributed by atoms with van der Waals surface area (Å²) in [7, 11) is 0. The third kappa shape index (κ3) is 2.04. The average Bonchev–Trinajstić information content (AvgIpc) is 2.88. The van der Waals surface area contributed by atoms with Crippen molar-refractivity contribution in [3.63, 3.8) is 0 Å². The molecule has 2 rings (SSSR count). The van der Waals surface area contributed by atoms with Crippen molar-refractivity contribution in [1.82, 2.24) is 5.32 Å². The molecule has 1 amide bonds. The fourth-order valence-electron chi connectivity index (χ4n) is 2.14. The molecule has 0 bridgehead atoms. The molecule has 1 fully saturated rings. The second kappa shape index (κ2) is 4.06. The van der Waals surface area contributed by atoms with E-state index in [1.54, 1.807) is 12.1 Å². The van der Waals surface area contributed by atoms with E-state index in [1.807, 2.05) is 0 Å². The van der Waals surface area contributed by atoms with Crippen molar-refractivity contribution in [2.24, 2.45) is 5.73 Å². The zero-order chi connectivity index (χ0) is 10.7. The molecule has 0 aromatic carbocycles. The van der Waals surface area contributed by atoms with Crippen LogP contribution < -0.4 is 11.1 Å². The summed E-state index contributed by atoms with van der Waals surface area (Å²) in [6.07, 6.45) is 5.70. The zero-order valence-corrected chi connectivity index (χ0v) is 8.66. The number of hydrogen-bond donors (Lipinski definition) is 2. The molecule has 4 nitrogen and oxygen atoms in total. The van der Waals surface area contributed by atoms with Gasteiger partial charge in [0.1, 0.15) is 0 Å². The first-order valence-electron chi connectivity index (χ1n) is 5.32. The van der Waals surface area contributed by atoms with E-state index in [-0.39, 0.29) is 11.4 Å². The highest BCUT2D eigenvalue weighted by molar-refractivity contribution is 5.91. The van der Waals surface area contributed by atoms with Crippen LogP contribution in [0.25, 0.3) is 0 Å². The van der Waals surface area contributed by atoms with E-state index in [0.717, 1.165) is 25.7 Å². The van der Waals surface area contributed by atoms with Gasteiger partial charge in [-0.1, -0.05) is 12.8 Å². The first kappa shape index (κ1) is 10.2. The van der Waals surface area contributed by atoms with Crippen molar-refractivity contribution in [2.45, 2.75) is 31.2 Å². The third-order valence-electron chi connectivity index (χ3n) is 3.08. The van der Waals surface area contributed by atoms with Crippen LogP contribution >= 0.6 is 0 Å². The Kier molecular flexibility index (Phi) is 2.77. The normalized spacial score (nSPS) is 19.0. The van der Waals surface area contributed by atoms with Crippen LogP contribution in [-0.2, 0) is 0 Å². The van der Waals surface area contributed by atoms with E-state index >= 15 is 0 Å². The van der Waals surface area contributed by atoms with Crippen LogP contribution in [0.4, 0.5) is 0 Å². The maximum Gasteiger partial charge on any atom is 0.287 e. The van der Waals surface area contributed by atoms with E-state index in [2.05, 4.69) is 5.32 Å². The Morgan fingerprint density at radius 3 is 2.80 bits per heavy atom. The van der Waals surface area contributed by atoms with Gasteiger partial charge in [0.25, 0.3) is 5.91 Å². The van der Waals surface area contributed by atoms with Gasteiger partial charge in [0, 0.05) is 6.54 Å². The summed E-state index contributed by atoms with van der Waals surface area (Å²) in [5, 5.41) is 2.99. The van der Waals surface area contributed by atoms with E-state index in [0.29, 0.717) is 12.3 Å². The lowest BCUT2D eigenvalue weighted by atomic mass is 9.98. The highest BCUT2D eigenvalue weighted by atomic mass is 16.3. The second-order valence-electron chi connectivity index (χ2n) is 4.12. The van der Waals surface area contributed by atoms with Crippen LogP contribution in [0, 0.1) is 0 Å². The topological polar surface area (TPSA) is 68.3 Å². The number of rotatable bonds is 3. The molecule has 1 heterocycles. The Labute approximate surface area is 88.8 Å². The van der Waals surface area contributed by atoms with Crippen LogP contribution in [0.3, 0.4) is 0 Å². The molecule has 15 heavy (non-hydrogen) atoms. The predicted octanol–water partition coefficient (Wildman–Crippen LogP) is 1.28. The monoisotopic (exact) mass is 208 g/mol. The average molecular weight is 208 g/mol. The number of nitrogens with one attached hydrogen (secondary N) is 1. The molecule has 0 spiro atoms. The first-order valence-corrected chi connectivity index (χ1v) is 5.32. The second-order valence-corrected chi connectivity index (χ2v) is 4.12. The van der Waals surface area contributed by atoms with Gasteiger partial charge in [-0.15, -0.1) is 0 Å². The lowest BCUT2D eigenvalue weighted by molar-refractivity contribution is 0.0874. The molecule has 0 radical (unpaired) electrons. The number of amides is 1. The minimum Gasteiger partial charge on any atom is -0.459 e. The fourth-order valence-corrected chi connectivity index (χ4v) is 2.14. The predicted molar refractivity (Wildman–Crippen MR) is 56.4 cm³/mol. The lowest BCUT2D eigenvalue weighted by Crippen LogP contribution is -2.51. The summed E-state index contributed by atoms with van der Waals surface area (Å²) in [5.41, 5.74) is 5.52. The zero-order valence-electron chi connectivity index (χ0n) is 8.66. The van der Waals surface area contributed by atoms with Crippen LogP contribution in [0.2, 0.25) is 0 Å². The lowest BCUT2D eigenvalue weighted by Gasteiger charge is -2.28. The summed E-state index contributed by atoms with van der Waals surface area (Å²) in [5.74, 6) is 0.196. The Morgan fingerprint density at radius 2 is 2.27 bits per heavy atom. The smallest absolute Gasteiger partial charge is 0.287 e. The van der Waals surface area contributed by atoms with Crippen LogP contribution in [0.1, 0.15) is 36.2 Å². The maximum atomic E-state index is 11.8. The van der Waals surface area contributed by atoms with Crippen molar-refractivity contribution < 1.29 is 9.21 Å². The molecule has 0 saturated heterocycles. The largest absolute Gasteiger partial charge is 0.459 e. The van der Waals surface area contributed by atoms with Gasteiger partial charge in [-0.3, -0.25) is 4.79 Å². The van der Waals surface area contributed by atoms with Crippen molar-refractivity contribution in [1.29, 1.82) is 0 Å². The first-order chi connectivity index (χ1) is 7.26. The van der Waals surface area contributed by atoms with Gasteiger partial charge in [0.2, 0.25) is 0 Å². The molecular formula is C11H16N2O2. The standard InChI is InChI=1S/C11H16N2O2/c12-8-11(5-1-2-6-11)13-10(14)9-4-3-7-15-9/h3-4,7H,1-2,5-6,8,12H2,(H,13,14). The number of furan rings is 1. The summed E-state index contributed by atoms with van der Waals surface area (Å²) in [6, 6.07) is 3.37. The summed E-state index contributed by atoms with van der Waals surface area (Å²) >= 11 is 0. The van der Waals surface area contributed by atoms with Crippen molar-refractivity contribution >= 4 is 5.91 Å². The van der Waals surface area contributed by atoms with Crippen molar-refractivity contribution in [3.8, 4) is 0 Å². The number of nitrogens with two attached hydrogens (primary N) is 1. The molecule has 1 aliphatic carbocycles. The Bertz CT molecular complexity index is 326. The molecule has 0 atom stereocenters. The molecular weight excluding hydrogens is 192 g/mol. The Hall–Kier alpha value is -1.29. The minimum absolute atomic E-state index is 0.160. The Morgan fingerprint density at radius 1 is 1.53 bits per heavy atom. The summed E-state index contributed by atoms with van der Waals surface area (Å²) in [4.78, 5) is 11.8. The molecule has 0 aliphatic heterocycles. The van der Waals surface area contributed by atoms with Crippen LogP contribution in [-0.4, -0.2) is 18.0 Å². The number of carbonyl (C=O) groups is 1. The quantitative estimate of drug-likeness (QED) is 0.786. The van der Waals surface area contributed by atoms with Crippen molar-refractivity contribution in [2.75, 3.05) is 6.54 Å². The third-order valence-corrected chi connectivity index (χ3v) is 3.08. The molecule has 3 N–H and O–H groups in total. The van der Waals surface area contributed by atoms with Gasteiger partial charge in [0.05, 0.1) is 11.8 Å². The number of hydrogen-bond acceptors (Lipinski definition) is 3. The highest BCUT2D eigenvalue weighted by Crippen LogP contribution is 2.28. The van der Waals surface area contributed by atoms with E-state index in [1.165, 1.54) is 6.26 Å². The van der Waals surface area contributed by atoms with Gasteiger partial charge >= 0.3 is 0 Å². The van der Waals surface area contributed by atoms with Gasteiger partial charge in [-0.2, -0.15) is 0 Å². The van der Waals surface area contributed by atoms with Crippen LogP contribution in [0.15, 0.2) is 22.8 Å². The molecule has 1 saturated carbocycles. The van der Waals surface area contributed by atoms with E-state index in [4.69, 9.17) is 10.2 Å². The summed E-state index contributed by atoms with van der Waals surface area (Å²) in [6.45, 7) is 0.499. The van der Waals surface area contributed by atoms with Crippen molar-refractivity contribution in [3.05, 3.63) is 24.2 Å². The molecule has 1 aliphatic rings. The van der Waals surface area contributed by atoms with E-state index < -0.39 is 0 Å². The number of carbonyl (C=O) groups excluding carboxylic acids is 1. The van der Waals surface area contributed by atoms with Gasteiger partial charge in [-0.05, 0) is 25.0 Å². The molecule has 82 valence electrons. The molecule has 1 aromatic rings. The highest BCUT2D eigenvalue weighted by Gasteiger charge is 2.34. The van der Waals surface area contributed by atoms with Crippen LogP contribution in [0.5, 0.6) is 0 Å². The SMILES string of the molecule is NCC1(NC(=O)c2ccco2)CCCC1. The molecule has 0 unspecified atom stereocenters. The van der Waals surface area contributed by atoms with Gasteiger partial charge in [-0.25, -0.2) is 0 Å². The molecule has 1 aromatic heterocycles. The van der Waals surface area contributed by atoms with Gasteiger partial charge < -0.3 is 15.5 Å². The Balaban J connectivity index is 2.04. The van der Waals surface area contributed by atoms with Gasteiger partial charge in [0.15, 0.2) is 5.76 Å². The molecule has 4 heteroatoms. The summed E-state index contributed by atoms with van der Waals surface area (Å²) < 4.78 is 5.04.